The number of benzene rings is 3. The Hall–Kier alpha value is -1.30. The van der Waals surface area contributed by atoms with Gasteiger partial charge >= 0.3 is 0 Å². The molecule has 3 aromatic carbocycles. The van der Waals surface area contributed by atoms with E-state index in [9.17, 15) is 0 Å². The minimum atomic E-state index is -2.33. The Morgan fingerprint density at radius 2 is 0.935 bits per heavy atom. The molecule has 0 aliphatic rings. The van der Waals surface area contributed by atoms with Crippen molar-refractivity contribution in [2.45, 2.75) is 45.8 Å². The van der Waals surface area contributed by atoms with Crippen LogP contribution in [-0.4, -0.2) is 39.4 Å². The van der Waals surface area contributed by atoms with Gasteiger partial charge in [-0.2, -0.15) is 0 Å². The zero-order valence-corrected chi connectivity index (χ0v) is 25.1. The van der Waals surface area contributed by atoms with Crippen LogP contribution in [0.5, 0.6) is 0 Å². The maximum Gasteiger partial charge on any atom is 0.197 e. The summed E-state index contributed by atoms with van der Waals surface area (Å²) in [5.41, 5.74) is 0. The molecule has 0 aliphatic heterocycles. The van der Waals surface area contributed by atoms with E-state index in [4.69, 9.17) is 4.12 Å². The minimum Gasteiger partial charge on any atom is -0.454 e. The van der Waals surface area contributed by atoms with Crippen LogP contribution in [0.1, 0.15) is 0 Å². The van der Waals surface area contributed by atoms with Gasteiger partial charge in [-0.3, -0.25) is 0 Å². The molecule has 31 heavy (non-hydrogen) atoms. The molecule has 162 valence electrons. The standard InChI is InChI=1S/C25H36OSi5/c1-27-30(6,24-19-13-9-14-20-24)31(7,25-21-15-10-16-22-25)29(5,26-28(2,3)4)23-17-11-8-12-18-23/h8-22H,1-7H3. The van der Waals surface area contributed by atoms with Crippen molar-refractivity contribution in [1.29, 1.82) is 0 Å². The van der Waals surface area contributed by atoms with Crippen LogP contribution in [0.4, 0.5) is 0 Å². The fourth-order valence-electron chi connectivity index (χ4n) is 5.09. The van der Waals surface area contributed by atoms with Gasteiger partial charge in [0.1, 0.15) is 7.11 Å². The average molecular weight is 493 g/mol. The lowest BCUT2D eigenvalue weighted by molar-refractivity contribution is 0.577. The third kappa shape index (κ3) is 4.47. The lowest BCUT2D eigenvalue weighted by atomic mass is 10.4. The maximum atomic E-state index is 7.48. The first-order valence-corrected chi connectivity index (χ1v) is 26.5. The zero-order valence-electron chi connectivity index (χ0n) is 20.1. The van der Waals surface area contributed by atoms with E-state index in [-0.39, 0.29) is 0 Å². The molecular formula is C25H36OSi5. The van der Waals surface area contributed by atoms with Crippen LogP contribution >= 0.6 is 0 Å². The molecular weight excluding hydrogens is 457 g/mol. The van der Waals surface area contributed by atoms with Crippen molar-refractivity contribution in [3.05, 3.63) is 91.0 Å². The van der Waals surface area contributed by atoms with Crippen molar-refractivity contribution in [3.8, 4) is 0 Å². The Morgan fingerprint density at radius 3 is 1.32 bits per heavy atom. The van der Waals surface area contributed by atoms with Crippen LogP contribution in [0.3, 0.4) is 0 Å². The van der Waals surface area contributed by atoms with Gasteiger partial charge in [0.15, 0.2) is 16.2 Å². The fraction of sp³-hybridized carbons (Fsp3) is 0.280. The van der Waals surface area contributed by atoms with Crippen LogP contribution in [0, 0.1) is 0 Å². The third-order valence-electron chi connectivity index (χ3n) is 6.99. The Labute approximate surface area is 195 Å². The van der Waals surface area contributed by atoms with E-state index in [1.807, 2.05) is 0 Å². The Morgan fingerprint density at radius 1 is 0.548 bits per heavy atom. The van der Waals surface area contributed by atoms with E-state index in [1.165, 1.54) is 5.19 Å². The molecule has 0 aromatic heterocycles. The molecule has 0 saturated heterocycles. The van der Waals surface area contributed by atoms with E-state index in [1.54, 1.807) is 10.4 Å². The summed E-state index contributed by atoms with van der Waals surface area (Å²) < 4.78 is 7.48. The van der Waals surface area contributed by atoms with Gasteiger partial charge < -0.3 is 4.12 Å². The first-order chi connectivity index (χ1) is 14.6. The molecule has 2 radical (unpaired) electrons. The second-order valence-corrected chi connectivity index (χ2v) is 43.0. The van der Waals surface area contributed by atoms with E-state index in [0.717, 1.165) is 9.04 Å². The summed E-state index contributed by atoms with van der Waals surface area (Å²) in [5.74, 6) is 0. The second kappa shape index (κ2) is 9.29. The van der Waals surface area contributed by atoms with Crippen molar-refractivity contribution in [1.82, 2.24) is 0 Å². The zero-order chi connectivity index (χ0) is 22.8. The predicted octanol–water partition coefficient (Wildman–Crippen LogP) is 4.70. The van der Waals surface area contributed by atoms with E-state index in [2.05, 4.69) is 137 Å². The monoisotopic (exact) mass is 492 g/mol. The first kappa shape index (κ1) is 24.3. The average Bonchev–Trinajstić information content (AvgIpc) is 2.78. The Kier molecular flexibility index (Phi) is 7.30. The van der Waals surface area contributed by atoms with Gasteiger partial charge in [-0.05, 0) is 31.4 Å². The highest BCUT2D eigenvalue weighted by atomic mass is 29.8. The molecule has 6 heteroatoms. The van der Waals surface area contributed by atoms with Crippen LogP contribution in [0.25, 0.3) is 0 Å². The van der Waals surface area contributed by atoms with Crippen LogP contribution < -0.4 is 15.6 Å². The third-order valence-corrected chi connectivity index (χ3v) is 58.2. The predicted molar refractivity (Wildman–Crippen MR) is 149 cm³/mol. The summed E-state index contributed by atoms with van der Waals surface area (Å²) in [5, 5.41) is 4.66. The summed E-state index contributed by atoms with van der Waals surface area (Å²) in [7, 11) is -7.19. The lowest BCUT2D eigenvalue weighted by Gasteiger charge is -2.55. The van der Waals surface area contributed by atoms with Gasteiger partial charge in [0.25, 0.3) is 0 Å². The molecule has 0 spiro atoms. The van der Waals surface area contributed by atoms with E-state index < -0.39 is 30.4 Å². The van der Waals surface area contributed by atoms with Crippen molar-refractivity contribution >= 4 is 55.0 Å². The highest BCUT2D eigenvalue weighted by Gasteiger charge is 2.63. The largest absolute Gasteiger partial charge is 0.454 e. The Balaban J connectivity index is 2.41. The minimum absolute atomic E-state index is 0.932. The topological polar surface area (TPSA) is 9.23 Å². The van der Waals surface area contributed by atoms with Gasteiger partial charge in [-0.1, -0.05) is 121 Å². The first-order valence-electron chi connectivity index (χ1n) is 11.1. The molecule has 0 aliphatic carbocycles. The number of hydrogen-bond donors (Lipinski definition) is 0. The molecule has 3 atom stereocenters. The highest BCUT2D eigenvalue weighted by Crippen LogP contribution is 2.32. The summed E-state index contributed by atoms with van der Waals surface area (Å²) in [4.78, 5) is 0. The summed E-state index contributed by atoms with van der Waals surface area (Å²) in [6, 6.07) is 34.2. The van der Waals surface area contributed by atoms with Gasteiger partial charge in [0.05, 0.1) is 7.11 Å². The smallest absolute Gasteiger partial charge is 0.197 e. The molecule has 1 nitrogen and oxygen atoms in total. The molecule has 3 rings (SSSR count). The van der Waals surface area contributed by atoms with E-state index >= 15 is 0 Å². The summed E-state index contributed by atoms with van der Waals surface area (Å²) >= 11 is 0. The van der Waals surface area contributed by atoms with Crippen LogP contribution in [-0.2, 0) is 4.12 Å². The quantitative estimate of drug-likeness (QED) is 0.414. The molecule has 3 aromatic rings. The van der Waals surface area contributed by atoms with Crippen molar-refractivity contribution in [2.75, 3.05) is 0 Å². The molecule has 0 bridgehead atoms. The van der Waals surface area contributed by atoms with Crippen LogP contribution in [0.2, 0.25) is 45.8 Å². The maximum absolute atomic E-state index is 7.48. The molecule has 0 amide bonds. The van der Waals surface area contributed by atoms with Gasteiger partial charge in [-0.25, -0.2) is 0 Å². The van der Waals surface area contributed by atoms with Gasteiger partial charge in [0.2, 0.25) is 0 Å². The highest BCUT2D eigenvalue weighted by molar-refractivity contribution is 7.85. The van der Waals surface area contributed by atoms with Gasteiger partial charge in [0, 0.05) is 9.04 Å². The van der Waals surface area contributed by atoms with E-state index in [0.29, 0.717) is 0 Å². The van der Waals surface area contributed by atoms with Gasteiger partial charge in [-0.15, -0.1) is 0 Å². The Bertz CT molecular complexity index is 977. The van der Waals surface area contributed by atoms with Crippen molar-refractivity contribution in [3.63, 3.8) is 0 Å². The lowest BCUT2D eigenvalue weighted by Crippen LogP contribution is -2.89. The molecule has 0 fully saturated rings. The van der Waals surface area contributed by atoms with Crippen LogP contribution in [0.15, 0.2) is 91.0 Å². The summed E-state index contributed by atoms with van der Waals surface area (Å²) in [6.45, 7) is 17.5. The molecule has 0 saturated carbocycles. The van der Waals surface area contributed by atoms with Crippen molar-refractivity contribution < 1.29 is 4.12 Å². The second-order valence-electron chi connectivity index (χ2n) is 9.85. The number of hydrogen-bond acceptors (Lipinski definition) is 1. The fourth-order valence-corrected chi connectivity index (χ4v) is 65.2. The number of rotatable bonds is 8. The summed E-state index contributed by atoms with van der Waals surface area (Å²) in [6.07, 6.45) is 0. The molecule has 0 N–H and O–H groups in total. The SMILES string of the molecule is C[Si][Si](C)(c1ccccc1)[Si](C)(c1ccccc1)[Si](C)(O[Si](C)(C)C)c1ccccc1. The van der Waals surface area contributed by atoms with Crippen molar-refractivity contribution in [2.24, 2.45) is 0 Å². The normalized spacial score (nSPS) is 17.9. The molecule has 3 unspecified atom stereocenters. The molecule has 0 heterocycles.